The molecule has 0 fully saturated rings. The Labute approximate surface area is 70.7 Å². The summed E-state index contributed by atoms with van der Waals surface area (Å²) < 4.78 is 0. The second-order valence-corrected chi connectivity index (χ2v) is 2.50. The van der Waals surface area contributed by atoms with Crippen molar-refractivity contribution in [3.63, 3.8) is 0 Å². The largest absolute Gasteiger partial charge is 0.478 e. The maximum absolute atomic E-state index is 10.5. The van der Waals surface area contributed by atoms with Crippen LogP contribution in [0, 0.1) is 11.3 Å². The molecule has 1 N–H and O–H groups in total. The molecule has 0 aliphatic carbocycles. The lowest BCUT2D eigenvalue weighted by Gasteiger charge is -1.97. The molecule has 0 aliphatic rings. The Morgan fingerprint density at radius 2 is 2.17 bits per heavy atom. The predicted octanol–water partition coefficient (Wildman–Crippen LogP) is -0.485. The second-order valence-electron chi connectivity index (χ2n) is 2.50. The molecule has 3 nitrogen and oxygen atoms in total. The molecule has 0 aliphatic heterocycles. The zero-order chi connectivity index (χ0) is 9.14. The third-order valence-corrected chi connectivity index (χ3v) is 1.45. The number of aromatic carboxylic acids is 1. The summed E-state index contributed by atoms with van der Waals surface area (Å²) in [5.74, 6) is -1.00. The van der Waals surface area contributed by atoms with Gasteiger partial charge in [-0.05, 0) is 6.07 Å². The van der Waals surface area contributed by atoms with Crippen molar-refractivity contribution >= 4 is 19.3 Å². The molecule has 4 heteroatoms. The van der Waals surface area contributed by atoms with Crippen molar-refractivity contribution in [2.24, 2.45) is 0 Å². The van der Waals surface area contributed by atoms with Crippen molar-refractivity contribution in [2.45, 2.75) is 0 Å². The number of benzene rings is 1. The number of hydrogen-bond acceptors (Lipinski definition) is 2. The van der Waals surface area contributed by atoms with Crippen LogP contribution in [0.15, 0.2) is 18.2 Å². The molecule has 0 amide bonds. The standard InChI is InChI=1S/C8H6BNO2/c9-7-2-5(4-10)1-6(3-7)8(11)12/h1-3H,9H2,(H,11,12). The van der Waals surface area contributed by atoms with E-state index in [0.717, 1.165) is 5.46 Å². The molecule has 0 aromatic heterocycles. The molecule has 58 valence electrons. The molecular formula is C8H6BNO2. The first-order valence-corrected chi connectivity index (χ1v) is 3.38. The number of carboxylic acids is 1. The Morgan fingerprint density at radius 1 is 1.50 bits per heavy atom. The van der Waals surface area contributed by atoms with Gasteiger partial charge in [0, 0.05) is 0 Å². The predicted molar refractivity (Wildman–Crippen MR) is 46.3 cm³/mol. The second kappa shape index (κ2) is 3.10. The van der Waals surface area contributed by atoms with Gasteiger partial charge in [-0.15, -0.1) is 0 Å². The molecule has 12 heavy (non-hydrogen) atoms. The van der Waals surface area contributed by atoms with E-state index >= 15 is 0 Å². The van der Waals surface area contributed by atoms with E-state index in [1.165, 1.54) is 12.1 Å². The van der Waals surface area contributed by atoms with Crippen LogP contribution in [0.2, 0.25) is 0 Å². The molecule has 0 unspecified atom stereocenters. The van der Waals surface area contributed by atoms with Crippen molar-refractivity contribution in [2.75, 3.05) is 0 Å². The van der Waals surface area contributed by atoms with Gasteiger partial charge >= 0.3 is 5.97 Å². The molecule has 0 radical (unpaired) electrons. The van der Waals surface area contributed by atoms with Crippen LogP contribution in [-0.4, -0.2) is 18.9 Å². The van der Waals surface area contributed by atoms with Crippen molar-refractivity contribution in [1.29, 1.82) is 5.26 Å². The van der Waals surface area contributed by atoms with Crippen LogP contribution >= 0.6 is 0 Å². The molecule has 1 rings (SSSR count). The van der Waals surface area contributed by atoms with Crippen LogP contribution in [-0.2, 0) is 0 Å². The number of nitrogens with zero attached hydrogens (tertiary/aromatic N) is 1. The van der Waals surface area contributed by atoms with Gasteiger partial charge in [-0.1, -0.05) is 17.6 Å². The summed E-state index contributed by atoms with van der Waals surface area (Å²) in [7, 11) is 1.76. The van der Waals surface area contributed by atoms with E-state index < -0.39 is 5.97 Å². The molecule has 0 bridgehead atoms. The fraction of sp³-hybridized carbons (Fsp3) is 0. The molecule has 0 saturated carbocycles. The molecule has 0 atom stereocenters. The van der Waals surface area contributed by atoms with Gasteiger partial charge in [-0.3, -0.25) is 0 Å². The third-order valence-electron chi connectivity index (χ3n) is 1.45. The van der Waals surface area contributed by atoms with E-state index in [4.69, 9.17) is 10.4 Å². The van der Waals surface area contributed by atoms with E-state index in [1.54, 1.807) is 13.9 Å². The first-order chi connectivity index (χ1) is 5.63. The van der Waals surface area contributed by atoms with Crippen molar-refractivity contribution in [3.8, 4) is 6.07 Å². The minimum atomic E-state index is -1.00. The molecule has 0 spiro atoms. The van der Waals surface area contributed by atoms with Gasteiger partial charge < -0.3 is 5.11 Å². The van der Waals surface area contributed by atoms with E-state index in [1.807, 2.05) is 6.07 Å². The summed E-state index contributed by atoms with van der Waals surface area (Å²) >= 11 is 0. The maximum Gasteiger partial charge on any atom is 0.335 e. The van der Waals surface area contributed by atoms with Gasteiger partial charge in [0.2, 0.25) is 0 Å². The fourth-order valence-corrected chi connectivity index (χ4v) is 0.971. The Bertz CT molecular complexity index is 368. The van der Waals surface area contributed by atoms with Crippen LogP contribution in [0.3, 0.4) is 0 Å². The Kier molecular flexibility index (Phi) is 2.15. The number of carbonyl (C=O) groups is 1. The van der Waals surface area contributed by atoms with Gasteiger partial charge in [0.15, 0.2) is 0 Å². The first kappa shape index (κ1) is 8.34. The highest BCUT2D eigenvalue weighted by molar-refractivity contribution is 6.32. The summed E-state index contributed by atoms with van der Waals surface area (Å²) in [6.07, 6.45) is 0. The quantitative estimate of drug-likeness (QED) is 0.562. The maximum atomic E-state index is 10.5. The normalized spacial score (nSPS) is 8.92. The highest BCUT2D eigenvalue weighted by Crippen LogP contribution is 2.01. The number of rotatable bonds is 1. The van der Waals surface area contributed by atoms with Crippen LogP contribution in [0.1, 0.15) is 15.9 Å². The highest BCUT2D eigenvalue weighted by atomic mass is 16.4. The fourth-order valence-electron chi connectivity index (χ4n) is 0.971. The lowest BCUT2D eigenvalue weighted by Crippen LogP contribution is -2.08. The number of nitriles is 1. The summed E-state index contributed by atoms with van der Waals surface area (Å²) in [6, 6.07) is 6.43. The minimum absolute atomic E-state index is 0.159. The zero-order valence-corrected chi connectivity index (χ0v) is 6.53. The molecule has 1 aromatic carbocycles. The average molecular weight is 159 g/mol. The van der Waals surface area contributed by atoms with Crippen LogP contribution < -0.4 is 5.46 Å². The van der Waals surface area contributed by atoms with E-state index in [9.17, 15) is 4.79 Å². The summed E-state index contributed by atoms with van der Waals surface area (Å²) in [5, 5.41) is 17.1. The topological polar surface area (TPSA) is 61.1 Å². The summed E-state index contributed by atoms with van der Waals surface area (Å²) in [4.78, 5) is 10.5. The first-order valence-electron chi connectivity index (χ1n) is 3.38. The van der Waals surface area contributed by atoms with Gasteiger partial charge in [0.25, 0.3) is 0 Å². The van der Waals surface area contributed by atoms with Crippen LogP contribution in [0.5, 0.6) is 0 Å². The van der Waals surface area contributed by atoms with E-state index in [0.29, 0.717) is 5.56 Å². The van der Waals surface area contributed by atoms with Crippen molar-refractivity contribution < 1.29 is 9.90 Å². The van der Waals surface area contributed by atoms with Crippen molar-refractivity contribution in [1.82, 2.24) is 0 Å². The van der Waals surface area contributed by atoms with Gasteiger partial charge in [-0.2, -0.15) is 5.26 Å². The Morgan fingerprint density at radius 3 is 2.67 bits per heavy atom. The highest BCUT2D eigenvalue weighted by Gasteiger charge is 2.03. The molecular weight excluding hydrogens is 153 g/mol. The smallest absolute Gasteiger partial charge is 0.335 e. The SMILES string of the molecule is Bc1cc(C#N)cc(C(=O)O)c1. The van der Waals surface area contributed by atoms with E-state index in [-0.39, 0.29) is 5.56 Å². The van der Waals surface area contributed by atoms with Gasteiger partial charge in [0.1, 0.15) is 7.85 Å². The Hall–Kier alpha value is -1.76. The summed E-state index contributed by atoms with van der Waals surface area (Å²) in [5.41, 5.74) is 1.32. The minimum Gasteiger partial charge on any atom is -0.478 e. The number of hydrogen-bond donors (Lipinski definition) is 1. The van der Waals surface area contributed by atoms with Crippen molar-refractivity contribution in [3.05, 3.63) is 29.3 Å². The number of carboxylic acid groups (broad SMARTS) is 1. The van der Waals surface area contributed by atoms with Crippen LogP contribution in [0.25, 0.3) is 0 Å². The molecule has 0 saturated heterocycles. The van der Waals surface area contributed by atoms with E-state index in [2.05, 4.69) is 0 Å². The lowest BCUT2D eigenvalue weighted by molar-refractivity contribution is 0.0697. The van der Waals surface area contributed by atoms with Gasteiger partial charge in [0.05, 0.1) is 17.2 Å². The molecule has 1 aromatic rings. The average Bonchev–Trinajstić information content (AvgIpc) is 2.03. The molecule has 0 heterocycles. The lowest BCUT2D eigenvalue weighted by atomic mass is 9.92. The monoisotopic (exact) mass is 159 g/mol. The Balaban J connectivity index is 3.26. The van der Waals surface area contributed by atoms with Crippen LogP contribution in [0.4, 0.5) is 0 Å². The van der Waals surface area contributed by atoms with Gasteiger partial charge in [-0.25, -0.2) is 4.79 Å². The summed E-state index contributed by atoms with van der Waals surface area (Å²) in [6.45, 7) is 0. The third kappa shape index (κ3) is 1.64. The zero-order valence-electron chi connectivity index (χ0n) is 6.53.